The number of aromatic nitrogens is 1. The van der Waals surface area contributed by atoms with Gasteiger partial charge in [-0.2, -0.15) is 0 Å². The van der Waals surface area contributed by atoms with Crippen LogP contribution in [0, 0.1) is 13.8 Å². The van der Waals surface area contributed by atoms with Crippen molar-refractivity contribution in [2.45, 2.75) is 26.8 Å². The predicted molar refractivity (Wildman–Crippen MR) is 92.3 cm³/mol. The van der Waals surface area contributed by atoms with Gasteiger partial charge in [0.1, 0.15) is 12.4 Å². The van der Waals surface area contributed by atoms with Crippen LogP contribution >= 0.6 is 11.3 Å². The van der Waals surface area contributed by atoms with Gasteiger partial charge in [0.15, 0.2) is 0 Å². The van der Waals surface area contributed by atoms with E-state index in [0.717, 1.165) is 10.6 Å². The van der Waals surface area contributed by atoms with Crippen LogP contribution in [0.25, 0.3) is 0 Å². The normalized spacial score (nSPS) is 10.6. The van der Waals surface area contributed by atoms with Gasteiger partial charge in [-0.05, 0) is 38.1 Å². The summed E-state index contributed by atoms with van der Waals surface area (Å²) in [6, 6.07) is 7.11. The van der Waals surface area contributed by atoms with Crippen LogP contribution in [0.5, 0.6) is 5.75 Å². The van der Waals surface area contributed by atoms with Gasteiger partial charge < -0.3 is 20.4 Å². The fourth-order valence-corrected chi connectivity index (χ4v) is 2.95. The molecule has 0 aliphatic heterocycles. The highest BCUT2D eigenvalue weighted by Gasteiger charge is 2.09. The average Bonchev–Trinajstić information content (AvgIpc) is 2.77. The van der Waals surface area contributed by atoms with Crippen LogP contribution < -0.4 is 20.7 Å². The number of nitrogens with zero attached hydrogens (tertiary/aromatic N) is 1. The summed E-state index contributed by atoms with van der Waals surface area (Å²) in [6.45, 7) is 5.11. The minimum absolute atomic E-state index is 0.0193. The third-order valence-electron chi connectivity index (χ3n) is 3.46. The van der Waals surface area contributed by atoms with Crippen molar-refractivity contribution in [2.24, 2.45) is 5.73 Å². The fourth-order valence-electron chi connectivity index (χ4n) is 2.09. The van der Waals surface area contributed by atoms with Gasteiger partial charge in [0.2, 0.25) is 5.91 Å². The standard InChI is InChI=1S/C16H21N3O3S/c1-11-12(2)23-16(21)19(11)9-7-15(20)18-13-3-5-14(6-4-13)22-10-8-17/h3-6H,7-10,17H2,1-2H3,(H,18,20). The third-order valence-corrected chi connectivity index (χ3v) is 4.46. The van der Waals surface area contributed by atoms with Gasteiger partial charge in [-0.1, -0.05) is 11.3 Å². The summed E-state index contributed by atoms with van der Waals surface area (Å²) in [5.41, 5.74) is 6.99. The molecule has 7 heteroatoms. The van der Waals surface area contributed by atoms with Crippen LogP contribution in [0.1, 0.15) is 17.0 Å². The molecule has 1 aromatic carbocycles. The number of aryl methyl sites for hydroxylation is 1. The quantitative estimate of drug-likeness (QED) is 0.809. The van der Waals surface area contributed by atoms with Crippen molar-refractivity contribution in [2.75, 3.05) is 18.5 Å². The molecule has 0 spiro atoms. The van der Waals surface area contributed by atoms with E-state index in [-0.39, 0.29) is 17.2 Å². The van der Waals surface area contributed by atoms with E-state index in [1.165, 1.54) is 11.3 Å². The third kappa shape index (κ3) is 4.67. The number of thiazole rings is 1. The SMILES string of the molecule is Cc1sc(=O)n(CCC(=O)Nc2ccc(OCCN)cc2)c1C. The molecule has 0 unspecified atom stereocenters. The van der Waals surface area contributed by atoms with Crippen LogP contribution in [0.2, 0.25) is 0 Å². The molecule has 0 radical (unpaired) electrons. The van der Waals surface area contributed by atoms with Crippen molar-refractivity contribution in [3.8, 4) is 5.75 Å². The molecule has 0 atom stereocenters. The number of rotatable bonds is 7. The van der Waals surface area contributed by atoms with E-state index in [1.807, 2.05) is 13.8 Å². The Balaban J connectivity index is 1.88. The maximum absolute atomic E-state index is 12.0. The summed E-state index contributed by atoms with van der Waals surface area (Å²) in [6.07, 6.45) is 0.252. The number of anilines is 1. The van der Waals surface area contributed by atoms with Crippen LogP contribution in [-0.4, -0.2) is 23.6 Å². The van der Waals surface area contributed by atoms with E-state index in [1.54, 1.807) is 28.8 Å². The summed E-state index contributed by atoms with van der Waals surface area (Å²) in [4.78, 5) is 24.8. The molecule has 0 fully saturated rings. The van der Waals surface area contributed by atoms with Gasteiger partial charge in [0.05, 0.1) is 0 Å². The van der Waals surface area contributed by atoms with Crippen molar-refractivity contribution in [1.29, 1.82) is 0 Å². The van der Waals surface area contributed by atoms with Crippen LogP contribution in [0.4, 0.5) is 5.69 Å². The Labute approximate surface area is 138 Å². The zero-order valence-electron chi connectivity index (χ0n) is 13.3. The Kier molecular flexibility index (Phi) is 5.95. The molecule has 0 saturated carbocycles. The largest absolute Gasteiger partial charge is 0.492 e. The van der Waals surface area contributed by atoms with E-state index in [4.69, 9.17) is 10.5 Å². The highest BCUT2D eigenvalue weighted by molar-refractivity contribution is 7.09. The first-order valence-electron chi connectivity index (χ1n) is 7.41. The Hall–Kier alpha value is -2.12. The molecule has 1 aromatic heterocycles. The molecule has 2 aromatic rings. The molecule has 23 heavy (non-hydrogen) atoms. The lowest BCUT2D eigenvalue weighted by Gasteiger charge is -2.08. The minimum atomic E-state index is -0.129. The van der Waals surface area contributed by atoms with E-state index in [9.17, 15) is 9.59 Å². The molecule has 1 amide bonds. The van der Waals surface area contributed by atoms with Gasteiger partial charge in [0.25, 0.3) is 0 Å². The first-order valence-corrected chi connectivity index (χ1v) is 8.22. The number of hydrogen-bond acceptors (Lipinski definition) is 5. The average molecular weight is 335 g/mol. The number of carbonyl (C=O) groups excluding carboxylic acids is 1. The van der Waals surface area contributed by atoms with E-state index in [2.05, 4.69) is 5.32 Å². The summed E-state index contributed by atoms with van der Waals surface area (Å²) < 4.78 is 7.02. The molecular weight excluding hydrogens is 314 g/mol. The van der Waals surface area contributed by atoms with Crippen molar-refractivity contribution >= 4 is 22.9 Å². The van der Waals surface area contributed by atoms with E-state index in [0.29, 0.717) is 31.1 Å². The lowest BCUT2D eigenvalue weighted by atomic mass is 10.3. The summed E-state index contributed by atoms with van der Waals surface area (Å²) in [7, 11) is 0. The number of benzene rings is 1. The highest BCUT2D eigenvalue weighted by atomic mass is 32.1. The van der Waals surface area contributed by atoms with Crippen molar-refractivity contribution in [3.05, 3.63) is 44.5 Å². The maximum Gasteiger partial charge on any atom is 0.307 e. The van der Waals surface area contributed by atoms with Gasteiger partial charge in [-0.25, -0.2) is 0 Å². The second-order valence-corrected chi connectivity index (χ2v) is 6.29. The molecule has 124 valence electrons. The number of ether oxygens (including phenoxy) is 1. The maximum atomic E-state index is 12.0. The van der Waals surface area contributed by atoms with Crippen molar-refractivity contribution in [1.82, 2.24) is 4.57 Å². The van der Waals surface area contributed by atoms with Crippen molar-refractivity contribution < 1.29 is 9.53 Å². The molecule has 0 aliphatic carbocycles. The Morgan fingerprint density at radius 2 is 2.00 bits per heavy atom. The molecule has 2 rings (SSSR count). The second kappa shape index (κ2) is 7.94. The number of carbonyl (C=O) groups is 1. The molecule has 0 aliphatic rings. The lowest BCUT2D eigenvalue weighted by molar-refractivity contribution is -0.116. The molecule has 1 heterocycles. The topological polar surface area (TPSA) is 86.3 Å². The Morgan fingerprint density at radius 3 is 2.57 bits per heavy atom. The van der Waals surface area contributed by atoms with Gasteiger partial charge in [0, 0.05) is 35.8 Å². The Morgan fingerprint density at radius 1 is 1.30 bits per heavy atom. The summed E-state index contributed by atoms with van der Waals surface area (Å²) >= 11 is 1.21. The molecule has 0 saturated heterocycles. The van der Waals surface area contributed by atoms with Gasteiger partial charge in [-0.3, -0.25) is 9.59 Å². The molecule has 0 bridgehead atoms. The first-order chi connectivity index (χ1) is 11.0. The fraction of sp³-hybridized carbons (Fsp3) is 0.375. The van der Waals surface area contributed by atoms with Gasteiger partial charge in [-0.15, -0.1) is 0 Å². The number of nitrogens with two attached hydrogens (primary N) is 1. The summed E-state index contributed by atoms with van der Waals surface area (Å²) in [5, 5.41) is 2.81. The minimum Gasteiger partial charge on any atom is -0.492 e. The molecule has 6 nitrogen and oxygen atoms in total. The van der Waals surface area contributed by atoms with Crippen LogP contribution in [0.15, 0.2) is 29.1 Å². The summed E-state index contributed by atoms with van der Waals surface area (Å²) in [5.74, 6) is 0.583. The monoisotopic (exact) mass is 335 g/mol. The highest BCUT2D eigenvalue weighted by Crippen LogP contribution is 2.16. The van der Waals surface area contributed by atoms with E-state index >= 15 is 0 Å². The van der Waals surface area contributed by atoms with Crippen LogP contribution in [0.3, 0.4) is 0 Å². The number of hydrogen-bond donors (Lipinski definition) is 2. The molecular formula is C16H21N3O3S. The first kappa shape index (κ1) is 17.2. The Bertz CT molecular complexity index is 719. The second-order valence-electron chi connectivity index (χ2n) is 5.12. The number of nitrogens with one attached hydrogen (secondary N) is 1. The van der Waals surface area contributed by atoms with Crippen LogP contribution in [-0.2, 0) is 11.3 Å². The van der Waals surface area contributed by atoms with Crippen molar-refractivity contribution in [3.63, 3.8) is 0 Å². The number of amides is 1. The molecule has 3 N–H and O–H groups in total. The smallest absolute Gasteiger partial charge is 0.307 e. The van der Waals surface area contributed by atoms with E-state index < -0.39 is 0 Å². The predicted octanol–water partition coefficient (Wildman–Crippen LogP) is 1.89. The van der Waals surface area contributed by atoms with Gasteiger partial charge >= 0.3 is 4.87 Å². The lowest BCUT2D eigenvalue weighted by Crippen LogP contribution is -2.20. The zero-order valence-corrected chi connectivity index (χ0v) is 14.1. The zero-order chi connectivity index (χ0) is 16.8.